The number of hydrogen-bond acceptors (Lipinski definition) is 5. The van der Waals surface area contributed by atoms with Crippen molar-refractivity contribution in [1.82, 2.24) is 5.32 Å². The molecule has 0 radical (unpaired) electrons. The number of carboxylic acids is 1. The van der Waals surface area contributed by atoms with Crippen molar-refractivity contribution < 1.29 is 37.0 Å². The molecule has 10 heteroatoms. The third-order valence-corrected chi connectivity index (χ3v) is 3.82. The lowest BCUT2D eigenvalue weighted by Crippen LogP contribution is -2.50. The average Bonchev–Trinajstić information content (AvgIpc) is 2.95. The first-order valence-electron chi connectivity index (χ1n) is 7.47. The van der Waals surface area contributed by atoms with Crippen LogP contribution in [0.4, 0.5) is 13.2 Å². The maximum Gasteiger partial charge on any atom is 0.450 e. The Morgan fingerprint density at radius 3 is 2.58 bits per heavy atom. The zero-order valence-electron chi connectivity index (χ0n) is 13.1. The number of rotatable bonds is 6. The second-order valence-corrected chi connectivity index (χ2v) is 5.97. The molecule has 6 nitrogen and oxygen atoms in total. The molecule has 1 saturated heterocycles. The Bertz CT molecular complexity index is 817. The SMILES string of the molecule is O=C(O)c1cc(COc2ccc(Cl)cc2OC2CNC2)oc1C(F)(F)F. The highest BCUT2D eigenvalue weighted by atomic mass is 35.5. The second kappa shape index (κ2) is 7.08. The molecule has 0 atom stereocenters. The van der Waals surface area contributed by atoms with Gasteiger partial charge in [-0.3, -0.25) is 0 Å². The van der Waals surface area contributed by atoms with Gasteiger partial charge in [-0.2, -0.15) is 13.2 Å². The van der Waals surface area contributed by atoms with E-state index in [1.807, 2.05) is 0 Å². The fourth-order valence-electron chi connectivity index (χ4n) is 2.25. The topological polar surface area (TPSA) is 80.9 Å². The molecule has 0 aliphatic carbocycles. The summed E-state index contributed by atoms with van der Waals surface area (Å²) < 4.78 is 54.3. The molecule has 26 heavy (non-hydrogen) atoms. The number of alkyl halides is 3. The smallest absolute Gasteiger partial charge is 0.450 e. The third kappa shape index (κ3) is 4.05. The molecule has 0 bridgehead atoms. The zero-order chi connectivity index (χ0) is 18.9. The lowest BCUT2D eigenvalue weighted by atomic mass is 10.2. The highest BCUT2D eigenvalue weighted by Gasteiger charge is 2.40. The molecule has 1 aromatic carbocycles. The van der Waals surface area contributed by atoms with E-state index >= 15 is 0 Å². The minimum atomic E-state index is -4.92. The summed E-state index contributed by atoms with van der Waals surface area (Å²) >= 11 is 5.93. The standard InChI is InChI=1S/C16H13ClF3NO5/c17-8-1-2-12(13(3-8)25-10-5-21-6-10)24-7-9-4-11(15(22)23)14(26-9)16(18,19)20/h1-4,10,21H,5-7H2,(H,22,23). The first-order chi connectivity index (χ1) is 12.2. The van der Waals surface area contributed by atoms with Gasteiger partial charge in [0.05, 0.1) is 0 Å². The Hall–Kier alpha value is -2.39. The maximum absolute atomic E-state index is 12.8. The van der Waals surface area contributed by atoms with Crippen LogP contribution in [0, 0.1) is 0 Å². The van der Waals surface area contributed by atoms with Gasteiger partial charge in [-0.05, 0) is 18.2 Å². The number of halogens is 4. The Balaban J connectivity index is 1.78. The van der Waals surface area contributed by atoms with E-state index in [-0.39, 0.29) is 17.6 Å². The third-order valence-electron chi connectivity index (χ3n) is 3.58. The number of ether oxygens (including phenoxy) is 2. The molecular formula is C16H13ClF3NO5. The van der Waals surface area contributed by atoms with Gasteiger partial charge >= 0.3 is 12.1 Å². The van der Waals surface area contributed by atoms with Crippen LogP contribution in [-0.4, -0.2) is 30.3 Å². The Kier molecular flexibility index (Phi) is 5.01. The van der Waals surface area contributed by atoms with Crippen LogP contribution in [0.25, 0.3) is 0 Å². The number of benzene rings is 1. The number of aromatic carboxylic acids is 1. The normalized spacial score (nSPS) is 14.8. The van der Waals surface area contributed by atoms with E-state index in [1.165, 1.54) is 18.2 Å². The molecule has 0 unspecified atom stereocenters. The van der Waals surface area contributed by atoms with Gasteiger partial charge in [0.2, 0.25) is 5.76 Å². The van der Waals surface area contributed by atoms with Crippen LogP contribution in [0.2, 0.25) is 5.02 Å². The van der Waals surface area contributed by atoms with Crippen molar-refractivity contribution in [1.29, 1.82) is 0 Å². The van der Waals surface area contributed by atoms with E-state index in [0.29, 0.717) is 23.9 Å². The molecule has 0 amide bonds. The molecular weight excluding hydrogens is 379 g/mol. The molecule has 2 heterocycles. The van der Waals surface area contributed by atoms with Gasteiger partial charge in [0, 0.05) is 24.2 Å². The van der Waals surface area contributed by atoms with E-state index in [1.54, 1.807) is 0 Å². The van der Waals surface area contributed by atoms with Crippen molar-refractivity contribution in [3.8, 4) is 11.5 Å². The molecule has 140 valence electrons. The molecule has 2 N–H and O–H groups in total. The summed E-state index contributed by atoms with van der Waals surface area (Å²) in [6.45, 7) is 0.902. The summed E-state index contributed by atoms with van der Waals surface area (Å²) in [6, 6.07) is 5.36. The van der Waals surface area contributed by atoms with Crippen molar-refractivity contribution in [2.45, 2.75) is 18.9 Å². The van der Waals surface area contributed by atoms with Crippen molar-refractivity contribution in [2.24, 2.45) is 0 Å². The highest BCUT2D eigenvalue weighted by Crippen LogP contribution is 2.36. The van der Waals surface area contributed by atoms with Gasteiger partial charge in [0.25, 0.3) is 0 Å². The predicted octanol–water partition coefficient (Wildman–Crippen LogP) is 3.58. The molecule has 1 fully saturated rings. The minimum Gasteiger partial charge on any atom is -0.484 e. The van der Waals surface area contributed by atoms with Gasteiger partial charge in [-0.25, -0.2) is 4.79 Å². The van der Waals surface area contributed by atoms with E-state index < -0.39 is 30.1 Å². The first kappa shape index (κ1) is 18.4. The number of hydrogen-bond donors (Lipinski definition) is 2. The van der Waals surface area contributed by atoms with Crippen LogP contribution >= 0.6 is 11.6 Å². The molecule has 1 aliphatic rings. The number of carboxylic acid groups (broad SMARTS) is 1. The van der Waals surface area contributed by atoms with Crippen molar-refractivity contribution >= 4 is 17.6 Å². The molecule has 0 spiro atoms. The summed E-state index contributed by atoms with van der Waals surface area (Å²) in [7, 11) is 0. The maximum atomic E-state index is 12.8. The summed E-state index contributed by atoms with van der Waals surface area (Å²) in [5.41, 5.74) is -0.968. The molecule has 0 saturated carbocycles. The minimum absolute atomic E-state index is 0.0603. The van der Waals surface area contributed by atoms with Gasteiger partial charge in [-0.15, -0.1) is 0 Å². The summed E-state index contributed by atoms with van der Waals surface area (Å²) in [5, 5.41) is 12.3. The monoisotopic (exact) mass is 391 g/mol. The lowest BCUT2D eigenvalue weighted by Gasteiger charge is -2.28. The van der Waals surface area contributed by atoms with E-state index in [9.17, 15) is 18.0 Å². The van der Waals surface area contributed by atoms with Crippen LogP contribution in [0.5, 0.6) is 11.5 Å². The lowest BCUT2D eigenvalue weighted by molar-refractivity contribution is -0.154. The highest BCUT2D eigenvalue weighted by molar-refractivity contribution is 6.30. The average molecular weight is 392 g/mol. The Morgan fingerprint density at radius 2 is 2.04 bits per heavy atom. The largest absolute Gasteiger partial charge is 0.484 e. The predicted molar refractivity (Wildman–Crippen MR) is 83.7 cm³/mol. The fourth-order valence-corrected chi connectivity index (χ4v) is 2.41. The van der Waals surface area contributed by atoms with Gasteiger partial charge in [0.15, 0.2) is 11.5 Å². The van der Waals surface area contributed by atoms with Crippen molar-refractivity contribution in [3.63, 3.8) is 0 Å². The number of nitrogens with one attached hydrogen (secondary N) is 1. The molecule has 1 aromatic heterocycles. The van der Waals surface area contributed by atoms with Crippen LogP contribution < -0.4 is 14.8 Å². The summed E-state index contributed by atoms with van der Waals surface area (Å²) in [5.74, 6) is -2.99. The summed E-state index contributed by atoms with van der Waals surface area (Å²) in [6.07, 6.45) is -4.98. The van der Waals surface area contributed by atoms with Gasteiger partial charge in [-0.1, -0.05) is 11.6 Å². The van der Waals surface area contributed by atoms with Crippen LogP contribution in [0.15, 0.2) is 28.7 Å². The number of carbonyl (C=O) groups is 1. The van der Waals surface area contributed by atoms with E-state index in [2.05, 4.69) is 9.73 Å². The van der Waals surface area contributed by atoms with Crippen molar-refractivity contribution in [2.75, 3.05) is 13.1 Å². The molecule has 2 aromatic rings. The fraction of sp³-hybridized carbons (Fsp3) is 0.312. The van der Waals surface area contributed by atoms with Crippen LogP contribution in [0.3, 0.4) is 0 Å². The van der Waals surface area contributed by atoms with Gasteiger partial charge < -0.3 is 24.3 Å². The summed E-state index contributed by atoms with van der Waals surface area (Å²) in [4.78, 5) is 11.0. The van der Waals surface area contributed by atoms with Crippen LogP contribution in [-0.2, 0) is 12.8 Å². The van der Waals surface area contributed by atoms with E-state index in [4.69, 9.17) is 26.2 Å². The first-order valence-corrected chi connectivity index (χ1v) is 7.85. The molecule has 1 aliphatic heterocycles. The van der Waals surface area contributed by atoms with Crippen molar-refractivity contribution in [3.05, 3.63) is 46.4 Å². The van der Waals surface area contributed by atoms with Crippen LogP contribution in [0.1, 0.15) is 21.9 Å². The second-order valence-electron chi connectivity index (χ2n) is 5.54. The zero-order valence-corrected chi connectivity index (χ0v) is 13.9. The number of furan rings is 1. The quantitative estimate of drug-likeness (QED) is 0.783. The Labute approximate surface area is 150 Å². The Morgan fingerprint density at radius 1 is 1.31 bits per heavy atom. The molecule has 3 rings (SSSR count). The van der Waals surface area contributed by atoms with E-state index in [0.717, 1.165) is 6.07 Å². The van der Waals surface area contributed by atoms with Gasteiger partial charge in [0.1, 0.15) is 24.0 Å².